The average molecular weight is 360 g/mol. The lowest BCUT2D eigenvalue weighted by molar-refractivity contribution is -0.116. The summed E-state index contributed by atoms with van der Waals surface area (Å²) >= 11 is 0. The van der Waals surface area contributed by atoms with Crippen LogP contribution < -0.4 is 10.2 Å². The Labute approximate surface area is 158 Å². The van der Waals surface area contributed by atoms with Crippen molar-refractivity contribution in [2.45, 2.75) is 38.5 Å². The van der Waals surface area contributed by atoms with Crippen molar-refractivity contribution < 1.29 is 4.79 Å². The Morgan fingerprint density at radius 2 is 1.89 bits per heavy atom. The molecule has 1 aromatic heterocycles. The molecule has 3 aromatic rings. The van der Waals surface area contributed by atoms with E-state index >= 15 is 0 Å². The number of hydrogen-bond acceptors (Lipinski definition) is 3. The lowest BCUT2D eigenvalue weighted by Crippen LogP contribution is -2.29. The van der Waals surface area contributed by atoms with Crippen molar-refractivity contribution in [2.24, 2.45) is 0 Å². The van der Waals surface area contributed by atoms with Crippen LogP contribution in [0.15, 0.2) is 36.5 Å². The summed E-state index contributed by atoms with van der Waals surface area (Å²) in [5.41, 5.74) is 6.85. The third-order valence-corrected chi connectivity index (χ3v) is 6.04. The highest BCUT2D eigenvalue weighted by molar-refractivity contribution is 6.05. The summed E-state index contributed by atoms with van der Waals surface area (Å²) < 4.78 is 0. The minimum absolute atomic E-state index is 0.0701. The predicted molar refractivity (Wildman–Crippen MR) is 108 cm³/mol. The van der Waals surface area contributed by atoms with Gasteiger partial charge in [0.25, 0.3) is 0 Å². The molecule has 0 aliphatic carbocycles. The lowest BCUT2D eigenvalue weighted by atomic mass is 9.82. The van der Waals surface area contributed by atoms with Crippen LogP contribution in [0.1, 0.15) is 48.3 Å². The van der Waals surface area contributed by atoms with Gasteiger partial charge in [0.15, 0.2) is 0 Å². The number of benzene rings is 2. The Hall–Kier alpha value is -2.82. The second-order valence-electron chi connectivity index (χ2n) is 7.75. The van der Waals surface area contributed by atoms with Crippen molar-refractivity contribution in [2.75, 3.05) is 23.3 Å². The predicted octanol–water partition coefficient (Wildman–Crippen LogP) is 4.34. The quantitative estimate of drug-likeness (QED) is 0.715. The first-order valence-corrected chi connectivity index (χ1v) is 9.82. The fourth-order valence-electron chi connectivity index (χ4n) is 4.63. The molecule has 27 heavy (non-hydrogen) atoms. The number of hydrogen-bond donors (Lipinski definition) is 2. The van der Waals surface area contributed by atoms with Crippen LogP contribution in [-0.4, -0.2) is 29.2 Å². The molecule has 2 aliphatic rings. The molecule has 5 nitrogen and oxygen atoms in total. The fraction of sp³-hybridized carbons (Fsp3) is 0.364. The van der Waals surface area contributed by atoms with E-state index in [-0.39, 0.29) is 11.8 Å². The van der Waals surface area contributed by atoms with E-state index in [4.69, 9.17) is 0 Å². The molecule has 5 heteroatoms. The van der Waals surface area contributed by atoms with Crippen LogP contribution in [0.4, 0.5) is 11.4 Å². The molecule has 1 saturated heterocycles. The van der Waals surface area contributed by atoms with Gasteiger partial charge in [0.2, 0.25) is 5.91 Å². The maximum Gasteiger partial charge on any atom is 0.225 e. The smallest absolute Gasteiger partial charge is 0.225 e. The van der Waals surface area contributed by atoms with Crippen LogP contribution in [0.3, 0.4) is 0 Å². The fourth-order valence-corrected chi connectivity index (χ4v) is 4.63. The van der Waals surface area contributed by atoms with E-state index in [0.717, 1.165) is 29.7 Å². The first kappa shape index (κ1) is 16.4. The molecule has 1 unspecified atom stereocenters. The molecule has 0 saturated carbocycles. The van der Waals surface area contributed by atoms with Gasteiger partial charge in [-0.2, -0.15) is 5.10 Å². The molecule has 138 valence electrons. The molecular formula is C22H24N4O. The number of aromatic amines is 1. The van der Waals surface area contributed by atoms with E-state index in [1.807, 2.05) is 0 Å². The van der Waals surface area contributed by atoms with E-state index in [0.29, 0.717) is 6.42 Å². The summed E-state index contributed by atoms with van der Waals surface area (Å²) in [6, 6.07) is 10.9. The number of aryl methyl sites for hydroxylation is 1. The van der Waals surface area contributed by atoms with Crippen LogP contribution in [-0.2, 0) is 4.79 Å². The Kier molecular flexibility index (Phi) is 3.88. The van der Waals surface area contributed by atoms with Gasteiger partial charge in [-0.05, 0) is 61.1 Å². The lowest BCUT2D eigenvalue weighted by Gasteiger charge is -2.31. The molecule has 2 N–H and O–H groups in total. The molecule has 2 aromatic carbocycles. The molecule has 0 bridgehead atoms. The largest absolute Gasteiger partial charge is 0.372 e. The maximum atomic E-state index is 12.5. The van der Waals surface area contributed by atoms with Gasteiger partial charge >= 0.3 is 0 Å². The molecule has 1 atom stereocenters. The van der Waals surface area contributed by atoms with Crippen LogP contribution in [0.5, 0.6) is 0 Å². The van der Waals surface area contributed by atoms with Crippen molar-refractivity contribution in [3.8, 4) is 0 Å². The topological polar surface area (TPSA) is 61.0 Å². The molecule has 3 heterocycles. The van der Waals surface area contributed by atoms with Crippen molar-refractivity contribution in [1.82, 2.24) is 10.2 Å². The Morgan fingerprint density at radius 3 is 2.70 bits per heavy atom. The van der Waals surface area contributed by atoms with Crippen LogP contribution in [0.25, 0.3) is 10.9 Å². The zero-order valence-electron chi connectivity index (χ0n) is 15.6. The molecule has 1 amide bonds. The number of anilines is 2. The number of amides is 1. The second kappa shape index (κ2) is 6.41. The van der Waals surface area contributed by atoms with E-state index < -0.39 is 0 Å². The van der Waals surface area contributed by atoms with Gasteiger partial charge in [0.1, 0.15) is 0 Å². The zero-order chi connectivity index (χ0) is 18.4. The Morgan fingerprint density at radius 1 is 1.07 bits per heavy atom. The van der Waals surface area contributed by atoms with E-state index in [9.17, 15) is 4.79 Å². The number of fused-ring (bicyclic) bond motifs is 3. The minimum Gasteiger partial charge on any atom is -0.372 e. The molecule has 2 aliphatic heterocycles. The monoisotopic (exact) mass is 360 g/mol. The maximum absolute atomic E-state index is 12.5. The van der Waals surface area contributed by atoms with Crippen molar-refractivity contribution in [3.05, 3.63) is 53.2 Å². The number of piperidine rings is 1. The number of carbonyl (C=O) groups excluding carboxylic acids is 1. The highest BCUT2D eigenvalue weighted by Crippen LogP contribution is 2.42. The van der Waals surface area contributed by atoms with Gasteiger partial charge in [-0.1, -0.05) is 12.1 Å². The first-order valence-electron chi connectivity index (χ1n) is 9.82. The van der Waals surface area contributed by atoms with E-state index in [1.165, 1.54) is 41.6 Å². The van der Waals surface area contributed by atoms with Gasteiger partial charge < -0.3 is 10.2 Å². The van der Waals surface area contributed by atoms with Gasteiger partial charge in [-0.25, -0.2) is 0 Å². The zero-order valence-corrected chi connectivity index (χ0v) is 15.6. The highest BCUT2D eigenvalue weighted by atomic mass is 16.1. The minimum atomic E-state index is 0.0701. The summed E-state index contributed by atoms with van der Waals surface area (Å²) in [6.45, 7) is 4.46. The normalized spacial score (nSPS) is 19.8. The third kappa shape index (κ3) is 2.78. The van der Waals surface area contributed by atoms with Crippen molar-refractivity contribution in [1.29, 1.82) is 0 Å². The summed E-state index contributed by atoms with van der Waals surface area (Å²) in [5, 5.41) is 11.2. The molecule has 5 rings (SSSR count). The summed E-state index contributed by atoms with van der Waals surface area (Å²) in [6.07, 6.45) is 6.17. The number of nitrogens with one attached hydrogen (secondary N) is 2. The van der Waals surface area contributed by atoms with Gasteiger partial charge in [0.05, 0.1) is 17.4 Å². The van der Waals surface area contributed by atoms with Crippen LogP contribution in [0, 0.1) is 6.92 Å². The standard InChI is InChI=1S/C22H24N4O/c1-14-11-15(26-9-3-2-4-10-26)5-6-16(14)18-12-21(27)24-22-17(18)7-8-20-19(22)13-23-25-20/h5-8,11,13,18H,2-4,9-10,12H2,1H3,(H,23,25)(H,24,27). The number of aromatic nitrogens is 2. The second-order valence-corrected chi connectivity index (χ2v) is 7.75. The number of rotatable bonds is 2. The van der Waals surface area contributed by atoms with E-state index in [2.05, 4.69) is 57.7 Å². The van der Waals surface area contributed by atoms with E-state index in [1.54, 1.807) is 6.20 Å². The summed E-state index contributed by atoms with van der Waals surface area (Å²) in [4.78, 5) is 14.9. The highest BCUT2D eigenvalue weighted by Gasteiger charge is 2.29. The summed E-state index contributed by atoms with van der Waals surface area (Å²) in [5.74, 6) is 0.157. The Balaban J connectivity index is 1.56. The average Bonchev–Trinajstić information content (AvgIpc) is 3.17. The van der Waals surface area contributed by atoms with Crippen molar-refractivity contribution >= 4 is 28.2 Å². The van der Waals surface area contributed by atoms with Crippen molar-refractivity contribution in [3.63, 3.8) is 0 Å². The third-order valence-electron chi connectivity index (χ3n) is 6.04. The van der Waals surface area contributed by atoms with Gasteiger partial charge in [-0.3, -0.25) is 9.89 Å². The summed E-state index contributed by atoms with van der Waals surface area (Å²) in [7, 11) is 0. The molecular weight excluding hydrogens is 336 g/mol. The Bertz CT molecular complexity index is 1020. The first-order chi connectivity index (χ1) is 13.2. The molecule has 0 spiro atoms. The molecule has 0 radical (unpaired) electrons. The van der Waals surface area contributed by atoms with Gasteiger partial charge in [0, 0.05) is 36.5 Å². The molecule has 1 fully saturated rings. The SMILES string of the molecule is Cc1cc(N2CCCCC2)ccc1C1CC(=O)Nc2c1ccc1[nH]ncc21. The van der Waals surface area contributed by atoms with Gasteiger partial charge in [-0.15, -0.1) is 0 Å². The van der Waals surface area contributed by atoms with Crippen LogP contribution in [0.2, 0.25) is 0 Å². The number of H-pyrrole nitrogens is 1. The number of nitrogens with zero attached hydrogens (tertiary/aromatic N) is 2. The van der Waals surface area contributed by atoms with Crippen LogP contribution >= 0.6 is 0 Å². The number of carbonyl (C=O) groups is 1.